The topological polar surface area (TPSA) is 56.1 Å². The molecule has 0 saturated heterocycles. The Balaban J connectivity index is 1.58. The van der Waals surface area contributed by atoms with Crippen molar-refractivity contribution in [1.29, 1.82) is 0 Å². The molecule has 0 fully saturated rings. The number of rotatable bonds is 3. The standard InChI is InChI=1S/C21H17ClF3N3O2/c22-14-8-10-15(11-9-14)28-19(21(23,24)25)18(12-26-28)30-20(29)27-17-7-3-5-13-4-1-2-6-16(13)17/h1-2,4,6,8-12,17H,3,5,7H2,(H,27,29). The van der Waals surface area contributed by atoms with Crippen molar-refractivity contribution in [1.82, 2.24) is 15.1 Å². The minimum absolute atomic E-state index is 0.142. The van der Waals surface area contributed by atoms with E-state index in [1.807, 2.05) is 24.3 Å². The van der Waals surface area contributed by atoms with E-state index in [0.717, 1.165) is 30.2 Å². The maximum Gasteiger partial charge on any atom is 0.437 e. The molecular weight excluding hydrogens is 419 g/mol. The van der Waals surface area contributed by atoms with E-state index in [1.54, 1.807) is 0 Å². The third-order valence-electron chi connectivity index (χ3n) is 4.94. The fraction of sp³-hybridized carbons (Fsp3) is 0.238. The van der Waals surface area contributed by atoms with Crippen LogP contribution in [-0.2, 0) is 12.6 Å². The first-order valence-electron chi connectivity index (χ1n) is 9.30. The molecule has 1 heterocycles. The van der Waals surface area contributed by atoms with Gasteiger partial charge in [-0.15, -0.1) is 0 Å². The Labute approximate surface area is 175 Å². The Kier molecular flexibility index (Phi) is 5.42. The SMILES string of the molecule is O=C(NC1CCCc2ccccc21)Oc1cnn(-c2ccc(Cl)cc2)c1C(F)(F)F. The van der Waals surface area contributed by atoms with E-state index in [2.05, 4.69) is 10.4 Å². The van der Waals surface area contributed by atoms with E-state index in [1.165, 1.54) is 24.3 Å². The van der Waals surface area contributed by atoms with E-state index in [0.29, 0.717) is 16.1 Å². The number of hydrogen-bond donors (Lipinski definition) is 1. The largest absolute Gasteiger partial charge is 0.437 e. The highest BCUT2D eigenvalue weighted by atomic mass is 35.5. The van der Waals surface area contributed by atoms with Crippen LogP contribution in [0.25, 0.3) is 5.69 Å². The molecule has 4 rings (SSSR count). The number of amides is 1. The van der Waals surface area contributed by atoms with Crippen LogP contribution in [0.15, 0.2) is 54.7 Å². The summed E-state index contributed by atoms with van der Waals surface area (Å²) < 4.78 is 46.9. The van der Waals surface area contributed by atoms with Crippen molar-refractivity contribution in [3.05, 3.63) is 76.6 Å². The highest BCUT2D eigenvalue weighted by Crippen LogP contribution is 2.38. The molecule has 0 spiro atoms. The molecule has 9 heteroatoms. The lowest BCUT2D eigenvalue weighted by atomic mass is 9.88. The average molecular weight is 436 g/mol. The van der Waals surface area contributed by atoms with Gasteiger partial charge in [-0.3, -0.25) is 0 Å². The molecule has 1 N–H and O–H groups in total. The lowest BCUT2D eigenvalue weighted by Crippen LogP contribution is -2.33. The molecule has 1 unspecified atom stereocenters. The normalized spacial score (nSPS) is 16.1. The van der Waals surface area contributed by atoms with Gasteiger partial charge < -0.3 is 10.1 Å². The Morgan fingerprint density at radius 2 is 1.90 bits per heavy atom. The van der Waals surface area contributed by atoms with E-state index in [4.69, 9.17) is 16.3 Å². The Morgan fingerprint density at radius 3 is 2.63 bits per heavy atom. The number of aryl methyl sites for hydroxylation is 1. The van der Waals surface area contributed by atoms with Gasteiger partial charge in [0.1, 0.15) is 0 Å². The van der Waals surface area contributed by atoms with Crippen molar-refractivity contribution in [2.24, 2.45) is 0 Å². The van der Waals surface area contributed by atoms with Crippen LogP contribution in [0.4, 0.5) is 18.0 Å². The molecule has 0 bridgehead atoms. The molecule has 1 amide bonds. The van der Waals surface area contributed by atoms with Gasteiger partial charge in [0.05, 0.1) is 17.9 Å². The summed E-state index contributed by atoms with van der Waals surface area (Å²) in [6.07, 6.45) is -2.42. The zero-order valence-corrected chi connectivity index (χ0v) is 16.4. The number of ether oxygens (including phenoxy) is 1. The van der Waals surface area contributed by atoms with E-state index >= 15 is 0 Å². The Bertz CT molecular complexity index is 1060. The minimum atomic E-state index is -4.79. The van der Waals surface area contributed by atoms with Gasteiger partial charge in [0.25, 0.3) is 0 Å². The van der Waals surface area contributed by atoms with Gasteiger partial charge in [-0.25, -0.2) is 9.48 Å². The van der Waals surface area contributed by atoms with Gasteiger partial charge in [-0.2, -0.15) is 18.3 Å². The summed E-state index contributed by atoms with van der Waals surface area (Å²) in [6, 6.07) is 13.0. The lowest BCUT2D eigenvalue weighted by molar-refractivity contribution is -0.143. The molecule has 1 atom stereocenters. The number of carbonyl (C=O) groups is 1. The molecule has 0 saturated carbocycles. The summed E-state index contributed by atoms with van der Waals surface area (Å²) in [5.74, 6) is -0.668. The molecule has 3 aromatic rings. The van der Waals surface area contributed by atoms with Gasteiger partial charge in [-0.05, 0) is 54.7 Å². The van der Waals surface area contributed by atoms with E-state index in [-0.39, 0.29) is 11.7 Å². The highest BCUT2D eigenvalue weighted by Gasteiger charge is 2.40. The van der Waals surface area contributed by atoms with Gasteiger partial charge in [-0.1, -0.05) is 35.9 Å². The predicted octanol–water partition coefficient (Wildman–Crippen LogP) is 5.71. The number of alkyl halides is 3. The smallest absolute Gasteiger partial charge is 0.406 e. The number of fused-ring (bicyclic) bond motifs is 1. The zero-order chi connectivity index (χ0) is 21.3. The molecule has 1 aliphatic rings. The molecular formula is C21H17ClF3N3O2. The van der Waals surface area contributed by atoms with Crippen LogP contribution in [0, 0.1) is 0 Å². The van der Waals surface area contributed by atoms with Crippen molar-refractivity contribution < 1.29 is 22.7 Å². The molecule has 2 aromatic carbocycles. The quantitative estimate of drug-likeness (QED) is 0.573. The van der Waals surface area contributed by atoms with Gasteiger partial charge in [0.2, 0.25) is 0 Å². The zero-order valence-electron chi connectivity index (χ0n) is 15.6. The summed E-state index contributed by atoms with van der Waals surface area (Å²) in [6.45, 7) is 0. The van der Waals surface area contributed by atoms with Crippen molar-refractivity contribution in [3.63, 3.8) is 0 Å². The Hall–Kier alpha value is -3.00. The van der Waals surface area contributed by atoms with Crippen molar-refractivity contribution in [2.75, 3.05) is 0 Å². The number of carbonyl (C=O) groups excluding carboxylic acids is 1. The van der Waals surface area contributed by atoms with Crippen molar-refractivity contribution >= 4 is 17.7 Å². The summed E-state index contributed by atoms with van der Waals surface area (Å²) in [5.41, 5.74) is 1.03. The fourth-order valence-corrected chi connectivity index (χ4v) is 3.75. The molecule has 156 valence electrons. The number of nitrogens with zero attached hydrogens (tertiary/aromatic N) is 2. The number of halogens is 4. The molecule has 5 nitrogen and oxygen atoms in total. The number of hydrogen-bond acceptors (Lipinski definition) is 3. The first-order valence-corrected chi connectivity index (χ1v) is 9.68. The molecule has 0 aliphatic heterocycles. The van der Waals surface area contributed by atoms with Crippen molar-refractivity contribution in [2.45, 2.75) is 31.5 Å². The van der Waals surface area contributed by atoms with Crippen LogP contribution in [0.3, 0.4) is 0 Å². The monoisotopic (exact) mass is 435 g/mol. The lowest BCUT2D eigenvalue weighted by Gasteiger charge is -2.25. The molecule has 0 radical (unpaired) electrons. The van der Waals surface area contributed by atoms with Crippen LogP contribution in [0.5, 0.6) is 5.75 Å². The van der Waals surface area contributed by atoms with Crippen molar-refractivity contribution in [3.8, 4) is 11.4 Å². The fourth-order valence-electron chi connectivity index (χ4n) is 3.62. The second-order valence-corrected chi connectivity index (χ2v) is 7.36. The van der Waals surface area contributed by atoms with Crippen LogP contribution >= 0.6 is 11.6 Å². The summed E-state index contributed by atoms with van der Waals surface area (Å²) in [4.78, 5) is 12.4. The summed E-state index contributed by atoms with van der Waals surface area (Å²) in [5, 5.41) is 6.82. The molecule has 1 aromatic heterocycles. The molecule has 1 aliphatic carbocycles. The van der Waals surface area contributed by atoms with Gasteiger partial charge in [0, 0.05) is 5.02 Å². The van der Waals surface area contributed by atoms with Crippen LogP contribution in [0.1, 0.15) is 35.7 Å². The van der Waals surface area contributed by atoms with Crippen LogP contribution in [0.2, 0.25) is 5.02 Å². The third kappa shape index (κ3) is 4.14. The van der Waals surface area contributed by atoms with Crippen LogP contribution in [-0.4, -0.2) is 15.9 Å². The number of aromatic nitrogens is 2. The summed E-state index contributed by atoms with van der Waals surface area (Å²) in [7, 11) is 0. The second kappa shape index (κ2) is 8.02. The van der Waals surface area contributed by atoms with E-state index in [9.17, 15) is 18.0 Å². The average Bonchev–Trinajstić information content (AvgIpc) is 3.13. The minimum Gasteiger partial charge on any atom is -0.406 e. The van der Waals surface area contributed by atoms with Crippen LogP contribution < -0.4 is 10.1 Å². The maximum absolute atomic E-state index is 13.7. The van der Waals surface area contributed by atoms with Gasteiger partial charge >= 0.3 is 12.3 Å². The Morgan fingerprint density at radius 1 is 1.17 bits per heavy atom. The number of nitrogens with one attached hydrogen (secondary N) is 1. The maximum atomic E-state index is 13.7. The van der Waals surface area contributed by atoms with E-state index < -0.39 is 23.7 Å². The molecule has 30 heavy (non-hydrogen) atoms. The highest BCUT2D eigenvalue weighted by molar-refractivity contribution is 6.30. The predicted molar refractivity (Wildman–Crippen MR) is 105 cm³/mol. The summed E-state index contributed by atoms with van der Waals surface area (Å²) >= 11 is 5.80. The number of benzene rings is 2. The first kappa shape index (κ1) is 20.3. The first-order chi connectivity index (χ1) is 14.3. The third-order valence-corrected chi connectivity index (χ3v) is 5.19. The second-order valence-electron chi connectivity index (χ2n) is 6.92. The van der Waals surface area contributed by atoms with Gasteiger partial charge in [0.15, 0.2) is 11.4 Å².